The molecule has 104 valence electrons. The average molecular weight is 249 g/mol. The zero-order valence-corrected chi connectivity index (χ0v) is 12.4. The van der Waals surface area contributed by atoms with E-state index in [0.29, 0.717) is 5.54 Å². The Bertz CT molecular complexity index is 273. The summed E-state index contributed by atoms with van der Waals surface area (Å²) in [5, 5.41) is 4.06. The number of rotatable bonds is 2. The van der Waals surface area contributed by atoms with E-state index in [9.17, 15) is 0 Å². The third kappa shape index (κ3) is 2.35. The van der Waals surface area contributed by atoms with Crippen molar-refractivity contribution in [3.8, 4) is 0 Å². The van der Waals surface area contributed by atoms with E-state index in [0.717, 1.165) is 23.7 Å². The summed E-state index contributed by atoms with van der Waals surface area (Å²) in [6.07, 6.45) is 13.3. The second-order valence-electron chi connectivity index (χ2n) is 7.52. The second-order valence-corrected chi connectivity index (χ2v) is 7.52. The molecule has 2 saturated carbocycles. The lowest BCUT2D eigenvalue weighted by molar-refractivity contribution is 0.0852. The van der Waals surface area contributed by atoms with Gasteiger partial charge in [-0.25, -0.2) is 0 Å². The van der Waals surface area contributed by atoms with Crippen LogP contribution >= 0.6 is 0 Å². The van der Waals surface area contributed by atoms with E-state index in [4.69, 9.17) is 0 Å². The topological polar surface area (TPSA) is 12.0 Å². The highest BCUT2D eigenvalue weighted by Gasteiger charge is 2.50. The van der Waals surface area contributed by atoms with Crippen molar-refractivity contribution in [2.45, 2.75) is 77.2 Å². The molecule has 18 heavy (non-hydrogen) atoms. The van der Waals surface area contributed by atoms with Gasteiger partial charge in [0, 0.05) is 5.54 Å². The fourth-order valence-electron chi connectivity index (χ4n) is 4.77. The number of nitrogens with one attached hydrogen (secondary N) is 1. The van der Waals surface area contributed by atoms with E-state index >= 15 is 0 Å². The zero-order chi connectivity index (χ0) is 12.6. The third-order valence-corrected chi connectivity index (χ3v) is 6.35. The van der Waals surface area contributed by atoms with Crippen molar-refractivity contribution < 1.29 is 0 Å². The molecular weight excluding hydrogens is 218 g/mol. The molecule has 1 N–H and O–H groups in total. The highest BCUT2D eigenvalue weighted by atomic mass is 15.0. The van der Waals surface area contributed by atoms with Crippen LogP contribution in [0.15, 0.2) is 0 Å². The van der Waals surface area contributed by atoms with Gasteiger partial charge >= 0.3 is 0 Å². The molecule has 1 heteroatoms. The van der Waals surface area contributed by atoms with E-state index in [1.807, 2.05) is 0 Å². The number of hydrogen-bond acceptors (Lipinski definition) is 1. The molecule has 1 heterocycles. The van der Waals surface area contributed by atoms with Crippen molar-refractivity contribution in [1.29, 1.82) is 0 Å². The smallest absolute Gasteiger partial charge is 0.0237 e. The molecule has 3 fully saturated rings. The fraction of sp³-hybridized carbons (Fsp3) is 1.00. The van der Waals surface area contributed by atoms with Crippen LogP contribution in [-0.4, -0.2) is 12.1 Å². The molecule has 0 bridgehead atoms. The molecule has 1 nitrogen and oxygen atoms in total. The molecule has 0 aromatic carbocycles. The first-order chi connectivity index (χ1) is 8.72. The Kier molecular flexibility index (Phi) is 3.71. The minimum Gasteiger partial charge on any atom is -0.311 e. The van der Waals surface area contributed by atoms with Crippen LogP contribution in [0.5, 0.6) is 0 Å². The van der Waals surface area contributed by atoms with Gasteiger partial charge in [0.1, 0.15) is 0 Å². The second kappa shape index (κ2) is 5.15. The Morgan fingerprint density at radius 2 is 1.61 bits per heavy atom. The molecule has 4 atom stereocenters. The van der Waals surface area contributed by atoms with Crippen LogP contribution in [0.2, 0.25) is 0 Å². The van der Waals surface area contributed by atoms with E-state index in [1.54, 1.807) is 0 Å². The van der Waals surface area contributed by atoms with Gasteiger partial charge in [-0.15, -0.1) is 0 Å². The monoisotopic (exact) mass is 249 g/mol. The SMILES string of the molecule is CC1CCC(C2(C3CC3)CCCCCN2)CC1C. The Morgan fingerprint density at radius 1 is 0.833 bits per heavy atom. The van der Waals surface area contributed by atoms with E-state index in [-0.39, 0.29) is 0 Å². The van der Waals surface area contributed by atoms with Gasteiger partial charge in [0.25, 0.3) is 0 Å². The zero-order valence-electron chi connectivity index (χ0n) is 12.4. The van der Waals surface area contributed by atoms with Crippen molar-refractivity contribution in [3.05, 3.63) is 0 Å². The molecule has 0 aromatic heterocycles. The van der Waals surface area contributed by atoms with E-state index < -0.39 is 0 Å². The quantitative estimate of drug-likeness (QED) is 0.766. The maximum Gasteiger partial charge on any atom is 0.0237 e. The Hall–Kier alpha value is -0.0400. The van der Waals surface area contributed by atoms with Crippen LogP contribution in [-0.2, 0) is 0 Å². The summed E-state index contributed by atoms with van der Waals surface area (Å²) in [6, 6.07) is 0. The standard InChI is InChI=1S/C17H31N/c1-13-6-7-16(12-14(13)2)17(15-8-9-15)10-4-3-5-11-18-17/h13-16,18H,3-12H2,1-2H3. The van der Waals surface area contributed by atoms with Crippen molar-refractivity contribution in [1.82, 2.24) is 5.32 Å². The van der Waals surface area contributed by atoms with E-state index in [2.05, 4.69) is 19.2 Å². The predicted octanol–water partition coefficient (Wildman–Crippen LogP) is 4.37. The Morgan fingerprint density at radius 3 is 2.33 bits per heavy atom. The molecule has 4 unspecified atom stereocenters. The first kappa shape index (κ1) is 13.0. The Balaban J connectivity index is 1.76. The van der Waals surface area contributed by atoms with Gasteiger partial charge in [-0.3, -0.25) is 0 Å². The number of hydrogen-bond donors (Lipinski definition) is 1. The maximum atomic E-state index is 4.06. The van der Waals surface area contributed by atoms with Crippen LogP contribution < -0.4 is 5.32 Å². The molecule has 0 radical (unpaired) electrons. The molecule has 0 amide bonds. The van der Waals surface area contributed by atoms with Crippen LogP contribution in [0.3, 0.4) is 0 Å². The highest BCUT2D eigenvalue weighted by Crippen LogP contribution is 2.52. The molecule has 3 aliphatic rings. The van der Waals surface area contributed by atoms with Crippen LogP contribution in [0.4, 0.5) is 0 Å². The van der Waals surface area contributed by atoms with Gasteiger partial charge in [-0.2, -0.15) is 0 Å². The predicted molar refractivity (Wildman–Crippen MR) is 77.6 cm³/mol. The fourth-order valence-corrected chi connectivity index (χ4v) is 4.77. The normalized spacial score (nSPS) is 46.7. The molecule has 0 spiro atoms. The summed E-state index contributed by atoms with van der Waals surface area (Å²) >= 11 is 0. The van der Waals surface area contributed by atoms with Crippen molar-refractivity contribution in [3.63, 3.8) is 0 Å². The molecule has 3 rings (SSSR count). The maximum absolute atomic E-state index is 4.06. The Labute approximate surface area is 113 Å². The minimum absolute atomic E-state index is 0.560. The summed E-state index contributed by atoms with van der Waals surface area (Å²) in [4.78, 5) is 0. The largest absolute Gasteiger partial charge is 0.311 e. The van der Waals surface area contributed by atoms with Crippen molar-refractivity contribution in [2.24, 2.45) is 23.7 Å². The molecule has 2 aliphatic carbocycles. The summed E-state index contributed by atoms with van der Waals surface area (Å²) in [7, 11) is 0. The van der Waals surface area contributed by atoms with Gasteiger partial charge in [0.15, 0.2) is 0 Å². The summed E-state index contributed by atoms with van der Waals surface area (Å²) in [6.45, 7) is 6.25. The molecule has 1 saturated heterocycles. The van der Waals surface area contributed by atoms with Crippen molar-refractivity contribution in [2.75, 3.05) is 6.54 Å². The van der Waals surface area contributed by atoms with Crippen molar-refractivity contribution >= 4 is 0 Å². The van der Waals surface area contributed by atoms with Gasteiger partial charge < -0.3 is 5.32 Å². The van der Waals surface area contributed by atoms with Gasteiger partial charge in [-0.1, -0.05) is 33.1 Å². The van der Waals surface area contributed by atoms with Crippen LogP contribution in [0, 0.1) is 23.7 Å². The molecule has 0 aromatic rings. The molecule has 1 aliphatic heterocycles. The van der Waals surface area contributed by atoms with Gasteiger partial charge in [-0.05, 0) is 68.7 Å². The lowest BCUT2D eigenvalue weighted by atomic mass is 9.65. The molecular formula is C17H31N. The summed E-state index contributed by atoms with van der Waals surface area (Å²) in [5.74, 6) is 3.92. The summed E-state index contributed by atoms with van der Waals surface area (Å²) < 4.78 is 0. The highest BCUT2D eigenvalue weighted by molar-refractivity contribution is 5.06. The first-order valence-corrected chi connectivity index (χ1v) is 8.47. The first-order valence-electron chi connectivity index (χ1n) is 8.47. The van der Waals surface area contributed by atoms with Crippen LogP contribution in [0.1, 0.15) is 71.6 Å². The van der Waals surface area contributed by atoms with Gasteiger partial charge in [0.2, 0.25) is 0 Å². The summed E-state index contributed by atoms with van der Waals surface area (Å²) in [5.41, 5.74) is 0.560. The lowest BCUT2D eigenvalue weighted by Gasteiger charge is -2.46. The average Bonchev–Trinajstić information content (AvgIpc) is 3.17. The van der Waals surface area contributed by atoms with E-state index in [1.165, 1.54) is 64.3 Å². The third-order valence-electron chi connectivity index (χ3n) is 6.35. The van der Waals surface area contributed by atoms with Gasteiger partial charge in [0.05, 0.1) is 0 Å². The minimum atomic E-state index is 0.560. The lowest BCUT2D eigenvalue weighted by Crippen LogP contribution is -2.54. The van der Waals surface area contributed by atoms with Crippen LogP contribution in [0.25, 0.3) is 0 Å².